The molecule has 0 radical (unpaired) electrons. The van der Waals surface area contributed by atoms with Gasteiger partial charge in [-0.15, -0.1) is 0 Å². The number of hydrogen-bond acceptors (Lipinski definition) is 1. The first-order valence-electron chi connectivity index (χ1n) is 16.8. The quantitative estimate of drug-likeness (QED) is 0.192. The predicted molar refractivity (Wildman–Crippen MR) is 199 cm³/mol. The summed E-state index contributed by atoms with van der Waals surface area (Å²) in [6.07, 6.45) is 0. The van der Waals surface area contributed by atoms with E-state index in [-0.39, 0.29) is 5.41 Å². The molecule has 3 aliphatic rings. The van der Waals surface area contributed by atoms with Crippen molar-refractivity contribution in [1.29, 1.82) is 0 Å². The summed E-state index contributed by atoms with van der Waals surface area (Å²) in [6.45, 7) is 0. The Labute approximate surface area is 280 Å². The average Bonchev–Trinajstić information content (AvgIpc) is 3.75. The summed E-state index contributed by atoms with van der Waals surface area (Å²) in [5.41, 5.74) is 19.4. The van der Waals surface area contributed by atoms with Crippen molar-refractivity contribution in [3.63, 3.8) is 0 Å². The number of hydrogen-bond donors (Lipinski definition) is 0. The van der Waals surface area contributed by atoms with Crippen LogP contribution in [0.5, 0.6) is 0 Å². The normalized spacial score (nSPS) is 15.6. The topological polar surface area (TPSA) is 3.24 Å². The zero-order valence-corrected chi connectivity index (χ0v) is 26.2. The van der Waals surface area contributed by atoms with Gasteiger partial charge in [0.15, 0.2) is 0 Å². The highest BCUT2D eigenvalue weighted by Gasteiger charge is 2.57. The molecule has 1 heteroatoms. The van der Waals surface area contributed by atoms with Gasteiger partial charge in [0.1, 0.15) is 0 Å². The van der Waals surface area contributed by atoms with E-state index in [0.29, 0.717) is 0 Å². The Morgan fingerprint density at radius 1 is 0.333 bits per heavy atom. The maximum absolute atomic E-state index is 2.50. The summed E-state index contributed by atoms with van der Waals surface area (Å²) in [6, 6.07) is 65.2. The minimum atomic E-state index is -0.319. The van der Waals surface area contributed by atoms with Crippen molar-refractivity contribution in [2.45, 2.75) is 5.41 Å². The maximum atomic E-state index is 2.50. The number of anilines is 3. The van der Waals surface area contributed by atoms with Gasteiger partial charge in [0, 0.05) is 16.9 Å². The lowest BCUT2D eigenvalue weighted by Crippen LogP contribution is -2.23. The van der Waals surface area contributed by atoms with Gasteiger partial charge in [0.2, 0.25) is 0 Å². The summed E-state index contributed by atoms with van der Waals surface area (Å²) in [7, 11) is 0. The van der Waals surface area contributed by atoms with Gasteiger partial charge < -0.3 is 4.90 Å². The van der Waals surface area contributed by atoms with Crippen LogP contribution >= 0.6 is 0 Å². The Hall–Kier alpha value is -6.18. The van der Waals surface area contributed by atoms with Crippen molar-refractivity contribution in [1.82, 2.24) is 0 Å². The van der Waals surface area contributed by atoms with E-state index >= 15 is 0 Å². The molecule has 0 N–H and O–H groups in total. The van der Waals surface area contributed by atoms with Crippen molar-refractivity contribution >= 4 is 27.8 Å². The maximum Gasteiger partial charge on any atom is 0.0738 e. The van der Waals surface area contributed by atoms with Gasteiger partial charge in [-0.05, 0) is 108 Å². The van der Waals surface area contributed by atoms with E-state index in [0.717, 1.165) is 17.1 Å². The van der Waals surface area contributed by atoms with E-state index in [1.807, 2.05) is 0 Å². The summed E-state index contributed by atoms with van der Waals surface area (Å²) in [5.74, 6) is 0. The molecule has 0 heterocycles. The first kappa shape index (κ1) is 25.9. The molecule has 3 aliphatic carbocycles. The van der Waals surface area contributed by atoms with Gasteiger partial charge in [-0.1, -0.05) is 140 Å². The van der Waals surface area contributed by atoms with Crippen molar-refractivity contribution < 1.29 is 0 Å². The van der Waals surface area contributed by atoms with Gasteiger partial charge >= 0.3 is 0 Å². The zero-order valence-electron chi connectivity index (χ0n) is 26.2. The molecule has 0 fully saturated rings. The minimum Gasteiger partial charge on any atom is -0.310 e. The van der Waals surface area contributed by atoms with Crippen LogP contribution in [0.2, 0.25) is 0 Å². The third kappa shape index (κ3) is 3.21. The second-order valence-electron chi connectivity index (χ2n) is 13.2. The highest BCUT2D eigenvalue weighted by Crippen LogP contribution is 2.70. The molecule has 11 rings (SSSR count). The van der Waals surface area contributed by atoms with Crippen LogP contribution in [0.4, 0.5) is 17.1 Å². The van der Waals surface area contributed by atoms with Crippen molar-refractivity contribution in [2.24, 2.45) is 0 Å². The van der Waals surface area contributed by atoms with E-state index in [1.54, 1.807) is 0 Å². The number of nitrogens with zero attached hydrogens (tertiary/aromatic N) is 1. The third-order valence-corrected chi connectivity index (χ3v) is 11.0. The molecule has 0 bridgehead atoms. The number of rotatable bonds is 4. The monoisotopic (exact) mass is 607 g/mol. The van der Waals surface area contributed by atoms with Crippen molar-refractivity contribution in [2.75, 3.05) is 4.90 Å². The number of fused-ring (bicyclic) bond motifs is 6. The molecule has 1 nitrogen and oxygen atoms in total. The zero-order chi connectivity index (χ0) is 31.4. The number of benzene rings is 8. The Balaban J connectivity index is 1.19. The highest BCUT2D eigenvalue weighted by atomic mass is 15.1. The van der Waals surface area contributed by atoms with Crippen LogP contribution < -0.4 is 4.90 Å². The average molecular weight is 608 g/mol. The predicted octanol–water partition coefficient (Wildman–Crippen LogP) is 12.3. The van der Waals surface area contributed by atoms with Crippen LogP contribution in [0.1, 0.15) is 22.3 Å². The summed E-state index contributed by atoms with van der Waals surface area (Å²) in [5, 5.41) is 2.50. The largest absolute Gasteiger partial charge is 0.310 e. The van der Waals surface area contributed by atoms with Gasteiger partial charge in [-0.25, -0.2) is 0 Å². The van der Waals surface area contributed by atoms with E-state index in [4.69, 9.17) is 0 Å². The minimum absolute atomic E-state index is 0.319. The second-order valence-corrected chi connectivity index (χ2v) is 13.2. The lowest BCUT2D eigenvalue weighted by atomic mass is 9.73. The number of para-hydroxylation sites is 2. The first-order chi connectivity index (χ1) is 23.8. The van der Waals surface area contributed by atoms with E-state index in [9.17, 15) is 0 Å². The molecule has 48 heavy (non-hydrogen) atoms. The Morgan fingerprint density at radius 3 is 1.69 bits per heavy atom. The van der Waals surface area contributed by atoms with Crippen molar-refractivity contribution in [3.8, 4) is 44.5 Å². The second kappa shape index (κ2) is 9.44. The molecule has 0 aliphatic heterocycles. The third-order valence-electron chi connectivity index (χ3n) is 11.0. The molecule has 0 amide bonds. The Kier molecular flexibility index (Phi) is 5.10. The molecule has 222 valence electrons. The summed E-state index contributed by atoms with van der Waals surface area (Å²) in [4.78, 5) is 2.45. The van der Waals surface area contributed by atoms with Crippen LogP contribution in [0, 0.1) is 0 Å². The van der Waals surface area contributed by atoms with Crippen molar-refractivity contribution in [3.05, 3.63) is 198 Å². The van der Waals surface area contributed by atoms with Crippen LogP contribution in [-0.4, -0.2) is 0 Å². The molecule has 0 saturated carbocycles. The fraction of sp³-hybridized carbons (Fsp3) is 0.0213. The fourth-order valence-electron chi connectivity index (χ4n) is 9.15. The van der Waals surface area contributed by atoms with Gasteiger partial charge in [0.05, 0.1) is 11.1 Å². The van der Waals surface area contributed by atoms with E-state index in [1.165, 1.54) is 77.5 Å². The Morgan fingerprint density at radius 2 is 0.917 bits per heavy atom. The van der Waals surface area contributed by atoms with Gasteiger partial charge in [-0.2, -0.15) is 0 Å². The van der Waals surface area contributed by atoms with Crippen LogP contribution in [-0.2, 0) is 5.41 Å². The van der Waals surface area contributed by atoms with Crippen LogP contribution in [0.3, 0.4) is 0 Å². The smallest absolute Gasteiger partial charge is 0.0738 e. The molecule has 8 aromatic rings. The molecule has 8 aromatic carbocycles. The molecular formula is C47H29N. The molecule has 1 atom stereocenters. The fourth-order valence-corrected chi connectivity index (χ4v) is 9.15. The molecular weight excluding hydrogens is 579 g/mol. The molecule has 1 unspecified atom stereocenters. The summed E-state index contributed by atoms with van der Waals surface area (Å²) < 4.78 is 0. The Bertz CT molecular complexity index is 2590. The summed E-state index contributed by atoms with van der Waals surface area (Å²) >= 11 is 0. The van der Waals surface area contributed by atoms with Gasteiger partial charge in [-0.3, -0.25) is 0 Å². The molecule has 1 spiro atoms. The lowest BCUT2D eigenvalue weighted by Gasteiger charge is -2.31. The van der Waals surface area contributed by atoms with Crippen LogP contribution in [0.15, 0.2) is 176 Å². The lowest BCUT2D eigenvalue weighted by molar-refractivity contribution is 0.818. The van der Waals surface area contributed by atoms with Gasteiger partial charge in [0.25, 0.3) is 0 Å². The highest BCUT2D eigenvalue weighted by molar-refractivity contribution is 6.06. The van der Waals surface area contributed by atoms with E-state index < -0.39 is 0 Å². The SMILES string of the molecule is c1ccc(N(c2ccc3c(c2)C24c5ccccc5-c5cccc(c52)-c2cccc-3c24)c2ccccc2-c2ccc3ccccc3c2)cc1. The standard InChI is InChI=1S/C47H29N/c1-2-14-33(15-3-1)48(44-23-9-7-16-35(44)32-25-24-30-12-4-5-13-31(30)28-32)34-26-27-37-39-19-11-21-41-40-20-10-18-38-36-17-6-8-22-42(36)47(45(38)40,46(39)41)43(37)29-34/h1-29H. The first-order valence-corrected chi connectivity index (χ1v) is 16.8. The molecule has 0 aromatic heterocycles. The van der Waals surface area contributed by atoms with E-state index in [2.05, 4.69) is 181 Å². The molecule has 0 saturated heterocycles. The van der Waals surface area contributed by atoms with Crippen LogP contribution in [0.25, 0.3) is 55.3 Å².